The van der Waals surface area contributed by atoms with Crippen LogP contribution in [0.3, 0.4) is 0 Å². The van der Waals surface area contributed by atoms with Gasteiger partial charge in [0.1, 0.15) is 6.54 Å². The molecule has 3 nitrogen and oxygen atoms in total. The fourth-order valence-electron chi connectivity index (χ4n) is 3.39. The van der Waals surface area contributed by atoms with Gasteiger partial charge in [-0.05, 0) is 19.8 Å². The van der Waals surface area contributed by atoms with Crippen LogP contribution in [0.25, 0.3) is 0 Å². The molecule has 0 saturated carbocycles. The first-order valence-electron chi connectivity index (χ1n) is 11.5. The first-order chi connectivity index (χ1) is 13.7. The van der Waals surface area contributed by atoms with Crippen LogP contribution in [0.1, 0.15) is 96.8 Å². The van der Waals surface area contributed by atoms with Crippen molar-refractivity contribution in [1.29, 1.82) is 0 Å². The number of nitrogens with zero attached hydrogens (tertiary/aromatic N) is 1. The second kappa shape index (κ2) is 17.5. The number of ether oxygens (including phenoxy) is 1. The largest absolute Gasteiger partial charge is 0.462 e. The number of pyridine rings is 1. The van der Waals surface area contributed by atoms with Gasteiger partial charge in [0, 0.05) is 24.1 Å². The van der Waals surface area contributed by atoms with Crippen molar-refractivity contribution in [3.05, 3.63) is 42.7 Å². The molecule has 0 aromatic carbocycles. The Morgan fingerprint density at radius 3 is 1.61 bits per heavy atom. The van der Waals surface area contributed by atoms with Crippen LogP contribution in [0.15, 0.2) is 42.7 Å². The molecule has 0 atom stereocenters. The fraction of sp³-hybridized carbons (Fsp3) is 0.680. The third-order valence-electron chi connectivity index (χ3n) is 5.17. The number of hydrogen-bond donors (Lipinski definition) is 0. The van der Waals surface area contributed by atoms with E-state index in [1.54, 1.807) is 6.92 Å². The van der Waals surface area contributed by atoms with Gasteiger partial charge in [-0.25, -0.2) is 9.36 Å². The van der Waals surface area contributed by atoms with Gasteiger partial charge in [0.15, 0.2) is 12.4 Å². The molecule has 28 heavy (non-hydrogen) atoms. The summed E-state index contributed by atoms with van der Waals surface area (Å²) in [4.78, 5) is 11.2. The maximum absolute atomic E-state index is 11.2. The number of unbranched alkanes of at least 4 members (excludes halogenated alkanes) is 13. The van der Waals surface area contributed by atoms with Crippen LogP contribution in [0, 0.1) is 0 Å². The smallest absolute Gasteiger partial charge is 0.333 e. The van der Waals surface area contributed by atoms with Gasteiger partial charge in [0.05, 0.1) is 6.61 Å². The van der Waals surface area contributed by atoms with E-state index < -0.39 is 0 Å². The number of aryl methyl sites for hydroxylation is 1. The lowest BCUT2D eigenvalue weighted by molar-refractivity contribution is -0.697. The number of carbonyl (C=O) groups excluding carboxylic acids is 1. The third kappa shape index (κ3) is 14.4. The Bertz CT molecular complexity index is 513. The molecular formula is C25H42NO2+. The monoisotopic (exact) mass is 388 g/mol. The van der Waals surface area contributed by atoms with E-state index in [0.717, 1.165) is 19.4 Å². The first-order valence-corrected chi connectivity index (χ1v) is 11.5. The number of aromatic nitrogens is 1. The molecule has 0 aliphatic rings. The molecule has 0 radical (unpaired) electrons. The van der Waals surface area contributed by atoms with Crippen LogP contribution in [0.2, 0.25) is 0 Å². The van der Waals surface area contributed by atoms with Gasteiger partial charge >= 0.3 is 5.97 Å². The highest BCUT2D eigenvalue weighted by atomic mass is 16.5. The first kappa shape index (κ1) is 24.4. The Balaban J connectivity index is 1.72. The minimum absolute atomic E-state index is 0.258. The van der Waals surface area contributed by atoms with E-state index in [2.05, 4.69) is 41.7 Å². The molecule has 158 valence electrons. The molecule has 1 rings (SSSR count). The summed E-state index contributed by atoms with van der Waals surface area (Å²) in [6, 6.07) is 6.28. The molecule has 0 saturated heterocycles. The Kier molecular flexibility index (Phi) is 15.2. The molecule has 0 bridgehead atoms. The molecule has 3 heteroatoms. The van der Waals surface area contributed by atoms with Crippen molar-refractivity contribution < 1.29 is 14.1 Å². The molecule has 0 aliphatic carbocycles. The second-order valence-electron chi connectivity index (χ2n) is 7.98. The molecular weight excluding hydrogens is 346 g/mol. The Labute approximate surface area is 173 Å². The maximum Gasteiger partial charge on any atom is 0.333 e. The lowest BCUT2D eigenvalue weighted by Gasteiger charge is -2.05. The van der Waals surface area contributed by atoms with Gasteiger partial charge in [-0.15, -0.1) is 0 Å². The van der Waals surface area contributed by atoms with Crippen LogP contribution in [-0.2, 0) is 16.1 Å². The molecule has 0 spiro atoms. The van der Waals surface area contributed by atoms with Crippen LogP contribution in [-0.4, -0.2) is 12.6 Å². The van der Waals surface area contributed by atoms with Crippen LogP contribution in [0.5, 0.6) is 0 Å². The number of esters is 1. The molecule has 1 aromatic heterocycles. The third-order valence-corrected chi connectivity index (χ3v) is 5.17. The van der Waals surface area contributed by atoms with Crippen LogP contribution < -0.4 is 4.57 Å². The summed E-state index contributed by atoms with van der Waals surface area (Å²) in [5.41, 5.74) is 0.488. The van der Waals surface area contributed by atoms with Crippen molar-refractivity contribution in [3.8, 4) is 0 Å². The quantitative estimate of drug-likeness (QED) is 0.123. The molecule has 1 aromatic rings. The molecule has 0 fully saturated rings. The highest BCUT2D eigenvalue weighted by Gasteiger charge is 2.02. The Morgan fingerprint density at radius 1 is 0.714 bits per heavy atom. The molecule has 0 N–H and O–H groups in total. The standard InChI is InChI=1S/C25H42NO2/c1-24(2)25(27)28-23-19-14-12-10-8-6-4-3-5-7-9-11-13-16-20-26-21-17-15-18-22-26/h15,17-18,21-22H,1,3-14,16,19-20,23H2,2H3/q+1. The van der Waals surface area contributed by atoms with Gasteiger partial charge < -0.3 is 4.74 Å². The van der Waals surface area contributed by atoms with E-state index in [0.29, 0.717) is 12.2 Å². The Hall–Kier alpha value is -1.64. The highest BCUT2D eigenvalue weighted by Crippen LogP contribution is 2.13. The van der Waals surface area contributed by atoms with E-state index in [1.807, 2.05) is 0 Å². The fourth-order valence-corrected chi connectivity index (χ4v) is 3.39. The highest BCUT2D eigenvalue weighted by molar-refractivity contribution is 5.86. The van der Waals surface area contributed by atoms with Gasteiger partial charge in [0.2, 0.25) is 0 Å². The predicted molar refractivity (Wildman–Crippen MR) is 117 cm³/mol. The molecule has 0 unspecified atom stereocenters. The molecule has 0 aliphatic heterocycles. The van der Waals surface area contributed by atoms with Gasteiger partial charge in [-0.3, -0.25) is 0 Å². The van der Waals surface area contributed by atoms with Crippen molar-refractivity contribution in [2.75, 3.05) is 6.61 Å². The number of hydrogen-bond acceptors (Lipinski definition) is 2. The van der Waals surface area contributed by atoms with E-state index in [-0.39, 0.29) is 5.97 Å². The number of carbonyl (C=O) groups is 1. The summed E-state index contributed by atoms with van der Waals surface area (Å²) in [5, 5.41) is 0. The Morgan fingerprint density at radius 2 is 1.14 bits per heavy atom. The average molecular weight is 389 g/mol. The summed E-state index contributed by atoms with van der Waals surface area (Å²) in [6.07, 6.45) is 22.8. The van der Waals surface area contributed by atoms with Crippen molar-refractivity contribution in [2.24, 2.45) is 0 Å². The van der Waals surface area contributed by atoms with Gasteiger partial charge in [0.25, 0.3) is 0 Å². The molecule has 0 amide bonds. The van der Waals surface area contributed by atoms with Crippen molar-refractivity contribution in [1.82, 2.24) is 0 Å². The second-order valence-corrected chi connectivity index (χ2v) is 7.98. The van der Waals surface area contributed by atoms with E-state index in [9.17, 15) is 4.79 Å². The van der Waals surface area contributed by atoms with E-state index in [4.69, 9.17) is 4.74 Å². The summed E-state index contributed by atoms with van der Waals surface area (Å²) in [5.74, 6) is -0.258. The minimum Gasteiger partial charge on any atom is -0.462 e. The van der Waals surface area contributed by atoms with E-state index >= 15 is 0 Å². The lowest BCUT2D eigenvalue weighted by atomic mass is 10.0. The van der Waals surface area contributed by atoms with Gasteiger partial charge in [-0.1, -0.05) is 83.3 Å². The van der Waals surface area contributed by atoms with Crippen LogP contribution >= 0.6 is 0 Å². The van der Waals surface area contributed by atoms with Crippen molar-refractivity contribution >= 4 is 5.97 Å². The maximum atomic E-state index is 11.2. The summed E-state index contributed by atoms with van der Waals surface area (Å²) >= 11 is 0. The van der Waals surface area contributed by atoms with Crippen molar-refractivity contribution in [3.63, 3.8) is 0 Å². The average Bonchev–Trinajstić information content (AvgIpc) is 2.70. The zero-order valence-corrected chi connectivity index (χ0v) is 18.2. The minimum atomic E-state index is -0.258. The zero-order valence-electron chi connectivity index (χ0n) is 18.2. The van der Waals surface area contributed by atoms with Gasteiger partial charge in [-0.2, -0.15) is 0 Å². The normalized spacial score (nSPS) is 10.8. The summed E-state index contributed by atoms with van der Waals surface area (Å²) in [7, 11) is 0. The van der Waals surface area contributed by atoms with Crippen molar-refractivity contribution in [2.45, 2.75) is 103 Å². The lowest BCUT2D eigenvalue weighted by Crippen LogP contribution is -2.32. The predicted octanol–water partition coefficient (Wildman–Crippen LogP) is 6.55. The summed E-state index contributed by atoms with van der Waals surface area (Å²) < 4.78 is 7.37. The number of rotatable bonds is 18. The SMILES string of the molecule is C=C(C)C(=O)OCCCCCCCCCCCCCCCC[n+]1ccccc1. The topological polar surface area (TPSA) is 30.2 Å². The van der Waals surface area contributed by atoms with E-state index in [1.165, 1.54) is 77.0 Å². The summed E-state index contributed by atoms with van der Waals surface area (Å²) in [6.45, 7) is 6.96. The zero-order chi connectivity index (χ0) is 20.3. The van der Waals surface area contributed by atoms with Crippen LogP contribution in [0.4, 0.5) is 0 Å². The molecule has 1 heterocycles.